The van der Waals surface area contributed by atoms with Crippen LogP contribution in [0, 0.1) is 0 Å². The lowest BCUT2D eigenvalue weighted by Crippen LogP contribution is -2.58. The van der Waals surface area contributed by atoms with Crippen molar-refractivity contribution in [3.05, 3.63) is 41.3 Å². The van der Waals surface area contributed by atoms with Gasteiger partial charge in [-0.25, -0.2) is 8.42 Å². The number of benzene rings is 1. The first-order valence-electron chi connectivity index (χ1n) is 10.6. The largest absolute Gasteiger partial charge is 0.336 e. The summed E-state index contributed by atoms with van der Waals surface area (Å²) in [6.07, 6.45) is 4.92. The molecule has 2 fully saturated rings. The third kappa shape index (κ3) is 5.27. The van der Waals surface area contributed by atoms with Gasteiger partial charge < -0.3 is 4.90 Å². The van der Waals surface area contributed by atoms with Crippen LogP contribution >= 0.6 is 0 Å². The molecule has 0 N–H and O–H groups in total. The molecule has 7 heteroatoms. The van der Waals surface area contributed by atoms with E-state index < -0.39 is 10.0 Å². The first-order chi connectivity index (χ1) is 13.8. The summed E-state index contributed by atoms with van der Waals surface area (Å²) >= 11 is 0. The Balaban J connectivity index is 1.58. The number of amides is 1. The first kappa shape index (κ1) is 22.0. The molecule has 2 saturated heterocycles. The van der Waals surface area contributed by atoms with E-state index in [2.05, 4.69) is 18.7 Å². The van der Waals surface area contributed by atoms with E-state index in [1.54, 1.807) is 6.08 Å². The van der Waals surface area contributed by atoms with Crippen LogP contribution in [-0.2, 0) is 14.8 Å². The van der Waals surface area contributed by atoms with E-state index in [1.807, 2.05) is 42.2 Å². The second-order valence-corrected chi connectivity index (χ2v) is 10.1. The molecule has 2 aliphatic heterocycles. The van der Waals surface area contributed by atoms with Crippen molar-refractivity contribution in [1.29, 1.82) is 0 Å². The zero-order chi connectivity index (χ0) is 21.0. The van der Waals surface area contributed by atoms with E-state index in [-0.39, 0.29) is 24.0 Å². The van der Waals surface area contributed by atoms with Crippen molar-refractivity contribution in [2.45, 2.75) is 58.2 Å². The molecule has 2 aliphatic rings. The lowest BCUT2D eigenvalue weighted by molar-refractivity contribution is -0.143. The molecule has 1 amide bonds. The number of carbonyl (C=O) groups excluding carboxylic acids is 1. The smallest absolute Gasteiger partial charge is 0.240 e. The summed E-state index contributed by atoms with van der Waals surface area (Å²) in [7, 11) is -3.46. The molecule has 29 heavy (non-hydrogen) atoms. The second-order valence-electron chi connectivity index (χ2n) is 8.24. The lowest BCUT2D eigenvalue weighted by atomic mass is 9.96. The molecule has 3 atom stereocenters. The number of sulfonamides is 1. The molecule has 0 aliphatic carbocycles. The van der Waals surface area contributed by atoms with Crippen molar-refractivity contribution in [3.8, 4) is 0 Å². The van der Waals surface area contributed by atoms with Crippen LogP contribution in [0.4, 0.5) is 0 Å². The number of piperidine rings is 1. The van der Waals surface area contributed by atoms with E-state index >= 15 is 0 Å². The van der Waals surface area contributed by atoms with E-state index in [0.717, 1.165) is 18.4 Å². The Kier molecular flexibility index (Phi) is 7.14. The monoisotopic (exact) mass is 419 g/mol. The number of nitrogens with zero attached hydrogens (tertiary/aromatic N) is 3. The molecule has 160 valence electrons. The lowest BCUT2D eigenvalue weighted by Gasteiger charge is -2.43. The van der Waals surface area contributed by atoms with Gasteiger partial charge in [0.05, 0.1) is 6.04 Å². The number of hydrogen-bond donors (Lipinski definition) is 0. The summed E-state index contributed by atoms with van der Waals surface area (Å²) in [5.41, 5.74) is 0.860. The number of piperazine rings is 1. The predicted octanol–water partition coefficient (Wildman–Crippen LogP) is 2.78. The predicted molar refractivity (Wildman–Crippen MR) is 117 cm³/mol. The van der Waals surface area contributed by atoms with Crippen LogP contribution in [0.1, 0.15) is 45.6 Å². The highest BCUT2D eigenvalue weighted by molar-refractivity contribution is 7.92. The Hall–Kier alpha value is -1.70. The van der Waals surface area contributed by atoms with Crippen molar-refractivity contribution >= 4 is 22.0 Å². The molecule has 1 aromatic carbocycles. The molecule has 2 heterocycles. The Morgan fingerprint density at radius 1 is 1.03 bits per heavy atom. The average Bonchev–Trinajstić information content (AvgIpc) is 2.72. The molecule has 6 nitrogen and oxygen atoms in total. The number of carbonyl (C=O) groups is 1. The Morgan fingerprint density at radius 3 is 2.21 bits per heavy atom. The van der Waals surface area contributed by atoms with Gasteiger partial charge in [-0.3, -0.25) is 9.69 Å². The molecular formula is C22H33N3O3S. The van der Waals surface area contributed by atoms with Gasteiger partial charge in [0.15, 0.2) is 0 Å². The van der Waals surface area contributed by atoms with Crippen molar-refractivity contribution < 1.29 is 13.2 Å². The van der Waals surface area contributed by atoms with Crippen molar-refractivity contribution in [2.75, 3.05) is 26.2 Å². The molecule has 1 aromatic rings. The summed E-state index contributed by atoms with van der Waals surface area (Å²) in [6, 6.07) is 9.75. The zero-order valence-electron chi connectivity index (χ0n) is 17.7. The van der Waals surface area contributed by atoms with Gasteiger partial charge in [0, 0.05) is 43.7 Å². The number of rotatable bonds is 5. The molecule has 0 saturated carbocycles. The molecule has 0 aromatic heterocycles. The zero-order valence-corrected chi connectivity index (χ0v) is 18.5. The van der Waals surface area contributed by atoms with Crippen LogP contribution in [0.15, 0.2) is 35.7 Å². The maximum absolute atomic E-state index is 13.1. The fraction of sp³-hybridized carbons (Fsp3) is 0.591. The molecular weight excluding hydrogens is 386 g/mol. The van der Waals surface area contributed by atoms with Gasteiger partial charge in [-0.05, 0) is 51.7 Å². The summed E-state index contributed by atoms with van der Waals surface area (Å²) in [5.74, 6) is 0.171. The van der Waals surface area contributed by atoms with Crippen LogP contribution in [-0.4, -0.2) is 72.7 Å². The van der Waals surface area contributed by atoms with Crippen molar-refractivity contribution in [2.24, 2.45) is 0 Å². The quantitative estimate of drug-likeness (QED) is 0.736. The highest BCUT2D eigenvalue weighted by Crippen LogP contribution is 2.24. The Morgan fingerprint density at radius 2 is 1.62 bits per heavy atom. The third-order valence-corrected chi connectivity index (χ3v) is 7.78. The van der Waals surface area contributed by atoms with Gasteiger partial charge in [0.1, 0.15) is 0 Å². The van der Waals surface area contributed by atoms with E-state index in [0.29, 0.717) is 26.2 Å². The minimum Gasteiger partial charge on any atom is -0.336 e. The third-order valence-electron chi connectivity index (χ3n) is 6.22. The maximum Gasteiger partial charge on any atom is 0.240 e. The first-order valence-corrected chi connectivity index (χ1v) is 12.1. The van der Waals surface area contributed by atoms with Crippen LogP contribution in [0.2, 0.25) is 0 Å². The summed E-state index contributed by atoms with van der Waals surface area (Å²) in [4.78, 5) is 17.3. The molecule has 3 rings (SSSR count). The standard InChI is InChI=1S/C22H33N3O3S/c1-18-8-7-9-19(2)25(18)22(26)20(3)23-13-15-24(16-14-23)29(27,28)17-12-21-10-5-4-6-11-21/h4-6,10-12,17-20H,7-9,13-16H2,1-3H3/b17-12+/t18-,19-,20+/m0/s1. The molecule has 0 spiro atoms. The number of hydrogen-bond acceptors (Lipinski definition) is 4. The molecule has 0 radical (unpaired) electrons. The average molecular weight is 420 g/mol. The molecule has 0 unspecified atom stereocenters. The van der Waals surface area contributed by atoms with Gasteiger partial charge in [-0.15, -0.1) is 0 Å². The van der Waals surface area contributed by atoms with Crippen molar-refractivity contribution in [1.82, 2.24) is 14.1 Å². The van der Waals surface area contributed by atoms with E-state index in [1.165, 1.54) is 16.1 Å². The van der Waals surface area contributed by atoms with Gasteiger partial charge in [-0.1, -0.05) is 30.3 Å². The van der Waals surface area contributed by atoms with Gasteiger partial charge in [0.25, 0.3) is 0 Å². The fourth-order valence-electron chi connectivity index (χ4n) is 4.39. The highest BCUT2D eigenvalue weighted by atomic mass is 32.2. The maximum atomic E-state index is 13.1. The number of likely N-dealkylation sites (tertiary alicyclic amines) is 1. The van der Waals surface area contributed by atoms with Gasteiger partial charge >= 0.3 is 0 Å². The minimum atomic E-state index is -3.46. The molecule has 0 bridgehead atoms. The summed E-state index contributed by atoms with van der Waals surface area (Å²) in [5, 5.41) is 1.28. The SMILES string of the molecule is C[C@H](C(=O)N1[C@@H](C)CCC[C@@H]1C)N1CCN(S(=O)(=O)/C=C/c2ccccc2)CC1. The van der Waals surface area contributed by atoms with Crippen LogP contribution < -0.4 is 0 Å². The topological polar surface area (TPSA) is 60.9 Å². The van der Waals surface area contributed by atoms with Gasteiger partial charge in [0.2, 0.25) is 15.9 Å². The minimum absolute atomic E-state index is 0.171. The summed E-state index contributed by atoms with van der Waals surface area (Å²) < 4.78 is 26.8. The normalized spacial score (nSPS) is 26.0. The fourth-order valence-corrected chi connectivity index (χ4v) is 5.56. The van der Waals surface area contributed by atoms with Crippen LogP contribution in [0.5, 0.6) is 0 Å². The van der Waals surface area contributed by atoms with Crippen molar-refractivity contribution in [3.63, 3.8) is 0 Å². The highest BCUT2D eigenvalue weighted by Gasteiger charge is 2.35. The second kappa shape index (κ2) is 9.41. The van der Waals surface area contributed by atoms with Crippen LogP contribution in [0.25, 0.3) is 6.08 Å². The van der Waals surface area contributed by atoms with Crippen LogP contribution in [0.3, 0.4) is 0 Å². The summed E-state index contributed by atoms with van der Waals surface area (Å²) in [6.45, 7) is 8.17. The van der Waals surface area contributed by atoms with Gasteiger partial charge in [-0.2, -0.15) is 4.31 Å². The Bertz CT molecular complexity index is 807. The Labute approximate surface area is 175 Å². The van der Waals surface area contributed by atoms with E-state index in [9.17, 15) is 13.2 Å². The van der Waals surface area contributed by atoms with E-state index in [4.69, 9.17) is 0 Å².